The molecule has 2 N–H and O–H groups in total. The van der Waals surface area contributed by atoms with Crippen molar-refractivity contribution in [2.75, 3.05) is 5.32 Å². The molecule has 0 fully saturated rings. The molecule has 2 rings (SSSR count). The first-order chi connectivity index (χ1) is 9.60. The molecule has 0 bridgehead atoms. The Hall–Kier alpha value is -2.47. The van der Waals surface area contributed by atoms with Crippen molar-refractivity contribution in [3.63, 3.8) is 0 Å². The summed E-state index contributed by atoms with van der Waals surface area (Å²) < 4.78 is 0. The number of anilines is 1. The van der Waals surface area contributed by atoms with Gasteiger partial charge in [-0.25, -0.2) is 4.98 Å². The first kappa shape index (κ1) is 14.0. The van der Waals surface area contributed by atoms with Crippen LogP contribution in [0.25, 0.3) is 0 Å². The van der Waals surface area contributed by atoms with E-state index in [4.69, 9.17) is 5.11 Å². The molecule has 0 aliphatic rings. The minimum absolute atomic E-state index is 0.0136. The number of nitrogens with one attached hydrogen (secondary N) is 1. The minimum Gasteiger partial charge on any atom is -0.392 e. The van der Waals surface area contributed by atoms with Gasteiger partial charge in [0, 0.05) is 12.6 Å². The fourth-order valence-electron chi connectivity index (χ4n) is 1.79. The van der Waals surface area contributed by atoms with E-state index in [0.29, 0.717) is 12.4 Å². The Morgan fingerprint density at radius 2 is 1.95 bits per heavy atom. The topological polar surface area (TPSA) is 88.3 Å². The average Bonchev–Trinajstić information content (AvgIpc) is 2.46. The second kappa shape index (κ2) is 6.12. The van der Waals surface area contributed by atoms with Crippen LogP contribution in [0.3, 0.4) is 0 Å². The molecule has 1 heterocycles. The number of aromatic nitrogens is 1. The molecule has 1 aromatic heterocycles. The van der Waals surface area contributed by atoms with Gasteiger partial charge in [-0.2, -0.15) is 0 Å². The number of nitrogens with zero attached hydrogens (tertiary/aromatic N) is 2. The molecule has 6 nitrogen and oxygen atoms in total. The maximum absolute atomic E-state index is 10.6. The Kier molecular flexibility index (Phi) is 4.27. The summed E-state index contributed by atoms with van der Waals surface area (Å²) in [6, 6.07) is 9.03. The zero-order chi connectivity index (χ0) is 14.5. The van der Waals surface area contributed by atoms with Crippen LogP contribution in [0, 0.1) is 17.0 Å². The number of nitro groups is 1. The Labute approximate surface area is 116 Å². The second-order valence-corrected chi connectivity index (χ2v) is 4.44. The van der Waals surface area contributed by atoms with E-state index >= 15 is 0 Å². The van der Waals surface area contributed by atoms with E-state index in [1.165, 1.54) is 12.3 Å². The molecule has 0 aliphatic heterocycles. The summed E-state index contributed by atoms with van der Waals surface area (Å²) in [7, 11) is 0. The summed E-state index contributed by atoms with van der Waals surface area (Å²) in [4.78, 5) is 14.2. The molecule has 2 aromatic rings. The Morgan fingerprint density at radius 1 is 1.30 bits per heavy atom. The van der Waals surface area contributed by atoms with E-state index in [9.17, 15) is 10.1 Å². The number of hydrogen-bond acceptors (Lipinski definition) is 5. The number of aryl methyl sites for hydroxylation is 1. The fourth-order valence-corrected chi connectivity index (χ4v) is 1.79. The van der Waals surface area contributed by atoms with E-state index in [0.717, 1.165) is 16.7 Å². The van der Waals surface area contributed by atoms with Gasteiger partial charge in [0.15, 0.2) is 0 Å². The lowest BCUT2D eigenvalue weighted by molar-refractivity contribution is -0.385. The van der Waals surface area contributed by atoms with Crippen LogP contribution >= 0.6 is 0 Å². The molecular weight excluding hydrogens is 258 g/mol. The third-order valence-electron chi connectivity index (χ3n) is 2.94. The summed E-state index contributed by atoms with van der Waals surface area (Å²) in [5.74, 6) is 0.627. The summed E-state index contributed by atoms with van der Waals surface area (Å²) in [5, 5.41) is 22.7. The number of rotatable bonds is 5. The molecule has 0 unspecified atom stereocenters. The Balaban J connectivity index is 2.04. The van der Waals surface area contributed by atoms with Crippen molar-refractivity contribution >= 4 is 11.5 Å². The molecule has 0 saturated heterocycles. The van der Waals surface area contributed by atoms with Gasteiger partial charge in [-0.05, 0) is 23.6 Å². The molecule has 104 valence electrons. The van der Waals surface area contributed by atoms with Gasteiger partial charge in [0.2, 0.25) is 0 Å². The zero-order valence-electron chi connectivity index (χ0n) is 11.0. The van der Waals surface area contributed by atoms with E-state index in [-0.39, 0.29) is 12.3 Å². The molecule has 0 amide bonds. The number of hydrogen-bond donors (Lipinski definition) is 2. The van der Waals surface area contributed by atoms with Gasteiger partial charge in [-0.15, -0.1) is 0 Å². The van der Waals surface area contributed by atoms with Crippen molar-refractivity contribution in [1.29, 1.82) is 0 Å². The number of pyridine rings is 1. The van der Waals surface area contributed by atoms with Gasteiger partial charge in [-0.3, -0.25) is 10.1 Å². The van der Waals surface area contributed by atoms with Crippen molar-refractivity contribution in [2.24, 2.45) is 0 Å². The predicted octanol–water partition coefficient (Wildman–Crippen LogP) is 2.40. The SMILES string of the molecule is Cc1cc([N+](=O)[O-])cnc1NCc1ccc(CO)cc1. The summed E-state index contributed by atoms with van der Waals surface area (Å²) >= 11 is 0. The van der Waals surface area contributed by atoms with Crippen LogP contribution in [-0.2, 0) is 13.2 Å². The standard InChI is InChI=1S/C14H15N3O3/c1-10-6-13(17(19)20)8-16-14(10)15-7-11-2-4-12(9-18)5-3-11/h2-6,8,18H,7,9H2,1H3,(H,15,16). The van der Waals surface area contributed by atoms with Crippen LogP contribution in [0.15, 0.2) is 36.5 Å². The molecule has 1 aromatic carbocycles. The normalized spacial score (nSPS) is 10.3. The second-order valence-electron chi connectivity index (χ2n) is 4.44. The summed E-state index contributed by atoms with van der Waals surface area (Å²) in [5.41, 5.74) is 2.62. The fraction of sp³-hybridized carbons (Fsp3) is 0.214. The number of benzene rings is 1. The Bertz CT molecular complexity index is 612. The lowest BCUT2D eigenvalue weighted by Crippen LogP contribution is -2.04. The van der Waals surface area contributed by atoms with Gasteiger partial charge in [-0.1, -0.05) is 24.3 Å². The molecule has 20 heavy (non-hydrogen) atoms. The van der Waals surface area contributed by atoms with Crippen molar-refractivity contribution in [2.45, 2.75) is 20.1 Å². The minimum atomic E-state index is -0.461. The maximum Gasteiger partial charge on any atom is 0.287 e. The number of aliphatic hydroxyl groups excluding tert-OH is 1. The van der Waals surface area contributed by atoms with Crippen LogP contribution in [0.5, 0.6) is 0 Å². The first-order valence-corrected chi connectivity index (χ1v) is 6.13. The van der Waals surface area contributed by atoms with E-state index in [1.54, 1.807) is 6.92 Å². The predicted molar refractivity (Wildman–Crippen MR) is 75.3 cm³/mol. The zero-order valence-corrected chi connectivity index (χ0v) is 11.0. The quantitative estimate of drug-likeness (QED) is 0.645. The van der Waals surface area contributed by atoms with Crippen LogP contribution in [-0.4, -0.2) is 15.0 Å². The molecule has 0 atom stereocenters. The molecule has 0 aliphatic carbocycles. The lowest BCUT2D eigenvalue weighted by atomic mass is 10.1. The van der Waals surface area contributed by atoms with Crippen LogP contribution < -0.4 is 5.32 Å². The monoisotopic (exact) mass is 273 g/mol. The Morgan fingerprint density at radius 3 is 2.50 bits per heavy atom. The van der Waals surface area contributed by atoms with Gasteiger partial charge in [0.1, 0.15) is 12.0 Å². The summed E-state index contributed by atoms with van der Waals surface area (Å²) in [6.07, 6.45) is 1.24. The third-order valence-corrected chi connectivity index (χ3v) is 2.94. The molecule has 0 saturated carbocycles. The van der Waals surface area contributed by atoms with Gasteiger partial charge in [0.25, 0.3) is 5.69 Å². The molecule has 0 radical (unpaired) electrons. The van der Waals surface area contributed by atoms with Gasteiger partial charge >= 0.3 is 0 Å². The molecule has 0 spiro atoms. The highest BCUT2D eigenvalue weighted by Crippen LogP contribution is 2.18. The number of aliphatic hydroxyl groups is 1. The van der Waals surface area contributed by atoms with E-state index in [1.807, 2.05) is 24.3 Å². The average molecular weight is 273 g/mol. The van der Waals surface area contributed by atoms with Gasteiger partial charge in [0.05, 0.1) is 11.5 Å². The summed E-state index contributed by atoms with van der Waals surface area (Å²) in [6.45, 7) is 2.37. The smallest absolute Gasteiger partial charge is 0.287 e. The van der Waals surface area contributed by atoms with Crippen molar-refractivity contribution in [1.82, 2.24) is 4.98 Å². The van der Waals surface area contributed by atoms with E-state index < -0.39 is 4.92 Å². The molecule has 6 heteroatoms. The third kappa shape index (κ3) is 3.30. The van der Waals surface area contributed by atoms with Crippen molar-refractivity contribution in [3.8, 4) is 0 Å². The van der Waals surface area contributed by atoms with Crippen LogP contribution in [0.1, 0.15) is 16.7 Å². The van der Waals surface area contributed by atoms with Crippen molar-refractivity contribution in [3.05, 3.63) is 63.3 Å². The maximum atomic E-state index is 10.6. The largest absolute Gasteiger partial charge is 0.392 e. The van der Waals surface area contributed by atoms with E-state index in [2.05, 4.69) is 10.3 Å². The van der Waals surface area contributed by atoms with Crippen LogP contribution in [0.2, 0.25) is 0 Å². The van der Waals surface area contributed by atoms with Gasteiger partial charge < -0.3 is 10.4 Å². The lowest BCUT2D eigenvalue weighted by Gasteiger charge is -2.08. The highest BCUT2D eigenvalue weighted by Gasteiger charge is 2.09. The van der Waals surface area contributed by atoms with Crippen molar-refractivity contribution < 1.29 is 10.0 Å². The highest BCUT2D eigenvalue weighted by molar-refractivity contribution is 5.48. The molecular formula is C14H15N3O3. The highest BCUT2D eigenvalue weighted by atomic mass is 16.6. The van der Waals surface area contributed by atoms with Crippen LogP contribution in [0.4, 0.5) is 11.5 Å². The first-order valence-electron chi connectivity index (χ1n) is 6.13.